The molecule has 0 unspecified atom stereocenters. The lowest BCUT2D eigenvalue weighted by Gasteiger charge is -2.26. The Morgan fingerprint density at radius 2 is 2.04 bits per heavy atom. The van der Waals surface area contributed by atoms with Crippen LogP contribution in [0.4, 0.5) is 11.4 Å². The minimum absolute atomic E-state index is 0.0913. The minimum atomic E-state index is -0.365. The molecule has 1 aliphatic carbocycles. The molecular weight excluding hydrogens is 348 g/mol. The highest BCUT2D eigenvalue weighted by Crippen LogP contribution is 2.28. The van der Waals surface area contributed by atoms with Gasteiger partial charge in [0.15, 0.2) is 0 Å². The summed E-state index contributed by atoms with van der Waals surface area (Å²) in [6.07, 6.45) is 2.48. The van der Waals surface area contributed by atoms with Crippen LogP contribution < -0.4 is 11.2 Å². The quantitative estimate of drug-likeness (QED) is 0.413. The number of likely N-dealkylation sites (N-methyl/N-ethyl adjacent to an activating group) is 1. The van der Waals surface area contributed by atoms with Crippen molar-refractivity contribution in [3.05, 3.63) is 51.7 Å². The number of hydrogen-bond donors (Lipinski definition) is 2. The zero-order valence-corrected chi connectivity index (χ0v) is 14.2. The van der Waals surface area contributed by atoms with E-state index < -0.39 is 0 Å². The first kappa shape index (κ1) is 18.8. The summed E-state index contributed by atoms with van der Waals surface area (Å²) in [6, 6.07) is 4.32. The molecule has 1 aliphatic rings. The summed E-state index contributed by atoms with van der Waals surface area (Å²) in [6.45, 7) is 3.00. The van der Waals surface area contributed by atoms with E-state index in [2.05, 4.69) is 15.3 Å². The van der Waals surface area contributed by atoms with E-state index in [-0.39, 0.29) is 40.3 Å². The molecule has 0 bridgehead atoms. The maximum absolute atomic E-state index is 12.3. The molecule has 0 heterocycles. The van der Waals surface area contributed by atoms with Crippen molar-refractivity contribution in [2.24, 2.45) is 11.1 Å². The first-order valence-corrected chi connectivity index (χ1v) is 7.86. The Morgan fingerprint density at radius 1 is 1.28 bits per heavy atom. The van der Waals surface area contributed by atoms with Gasteiger partial charge in [-0.15, -0.1) is 4.91 Å². The topological polar surface area (TPSA) is 114 Å². The third kappa shape index (κ3) is 4.50. The molecule has 8 nitrogen and oxygen atoms in total. The molecule has 0 saturated heterocycles. The van der Waals surface area contributed by atoms with Gasteiger partial charge in [0, 0.05) is 25.2 Å². The number of ketones is 2. The van der Waals surface area contributed by atoms with Crippen LogP contribution in [0.1, 0.15) is 6.92 Å². The van der Waals surface area contributed by atoms with Gasteiger partial charge >= 0.3 is 0 Å². The maximum Gasteiger partial charge on any atom is 0.204 e. The predicted octanol–water partition coefficient (Wildman–Crippen LogP) is 2.28. The normalized spacial score (nSPS) is 14.0. The van der Waals surface area contributed by atoms with Crippen molar-refractivity contribution in [3.8, 4) is 0 Å². The van der Waals surface area contributed by atoms with Crippen molar-refractivity contribution in [1.82, 2.24) is 4.90 Å². The van der Waals surface area contributed by atoms with Crippen LogP contribution in [0, 0.1) is 4.91 Å². The standard InChI is InChI=1S/C16H17ClN4O4/c1-2-21(5-6-25-18)14-9-15(22)13(8-16(14)23)19-12-4-3-10(20-24)7-11(12)17/h3-4,7-9,19H,2,5-6,18H2,1H3. The predicted molar refractivity (Wildman–Crippen MR) is 94.1 cm³/mol. The Bertz CT molecular complexity index is 761. The number of nitroso groups, excluding NO2 is 1. The summed E-state index contributed by atoms with van der Waals surface area (Å²) in [5.41, 5.74) is 0.927. The second-order valence-electron chi connectivity index (χ2n) is 5.15. The minimum Gasteiger partial charge on any atom is -0.366 e. The van der Waals surface area contributed by atoms with Gasteiger partial charge < -0.3 is 15.1 Å². The van der Waals surface area contributed by atoms with E-state index in [1.54, 1.807) is 4.90 Å². The van der Waals surface area contributed by atoms with Crippen molar-refractivity contribution in [2.45, 2.75) is 6.92 Å². The van der Waals surface area contributed by atoms with Gasteiger partial charge in [0.2, 0.25) is 11.6 Å². The lowest BCUT2D eigenvalue weighted by Crippen LogP contribution is -2.33. The number of carbonyl (C=O) groups excluding carboxylic acids is 2. The molecule has 132 valence electrons. The van der Waals surface area contributed by atoms with Crippen LogP contribution in [-0.2, 0) is 14.4 Å². The molecule has 1 aromatic rings. The van der Waals surface area contributed by atoms with Crippen LogP contribution in [0.15, 0.2) is 46.9 Å². The molecule has 0 fully saturated rings. The van der Waals surface area contributed by atoms with E-state index in [0.717, 1.165) is 0 Å². The monoisotopic (exact) mass is 364 g/mol. The molecule has 0 amide bonds. The van der Waals surface area contributed by atoms with Crippen molar-refractivity contribution in [3.63, 3.8) is 0 Å². The second-order valence-corrected chi connectivity index (χ2v) is 5.55. The van der Waals surface area contributed by atoms with Crippen LogP contribution in [-0.4, -0.2) is 36.2 Å². The number of rotatable bonds is 8. The molecule has 0 saturated carbocycles. The summed E-state index contributed by atoms with van der Waals surface area (Å²) in [5, 5.41) is 5.80. The van der Waals surface area contributed by atoms with Crippen molar-refractivity contribution < 1.29 is 14.4 Å². The molecule has 0 aromatic heterocycles. The van der Waals surface area contributed by atoms with Crippen LogP contribution in [0.25, 0.3) is 0 Å². The molecular formula is C16H17ClN4O4. The van der Waals surface area contributed by atoms with Gasteiger partial charge in [-0.05, 0) is 30.3 Å². The Morgan fingerprint density at radius 3 is 2.64 bits per heavy atom. The molecule has 0 radical (unpaired) electrons. The molecule has 2 rings (SSSR count). The van der Waals surface area contributed by atoms with Crippen LogP contribution in [0.3, 0.4) is 0 Å². The number of nitrogens with two attached hydrogens (primary N) is 1. The summed E-state index contributed by atoms with van der Waals surface area (Å²) in [4.78, 5) is 41.4. The molecule has 3 N–H and O–H groups in total. The van der Waals surface area contributed by atoms with E-state index in [1.165, 1.54) is 30.4 Å². The number of carbonyl (C=O) groups is 2. The van der Waals surface area contributed by atoms with Gasteiger partial charge in [0.1, 0.15) is 5.69 Å². The fourth-order valence-electron chi connectivity index (χ4n) is 2.31. The van der Waals surface area contributed by atoms with Crippen molar-refractivity contribution >= 4 is 34.5 Å². The third-order valence-electron chi connectivity index (χ3n) is 3.59. The number of nitrogens with zero attached hydrogens (tertiary/aromatic N) is 2. The Kier molecular flexibility index (Phi) is 6.40. The van der Waals surface area contributed by atoms with Gasteiger partial charge in [-0.2, -0.15) is 0 Å². The number of benzene rings is 1. The third-order valence-corrected chi connectivity index (χ3v) is 3.90. The number of allylic oxidation sites excluding steroid dienone is 2. The fourth-order valence-corrected chi connectivity index (χ4v) is 2.54. The molecule has 9 heteroatoms. The highest BCUT2D eigenvalue weighted by atomic mass is 35.5. The average molecular weight is 365 g/mol. The van der Waals surface area contributed by atoms with Crippen LogP contribution in [0.5, 0.6) is 0 Å². The lowest BCUT2D eigenvalue weighted by molar-refractivity contribution is -0.116. The number of nitrogens with one attached hydrogen (secondary N) is 1. The van der Waals surface area contributed by atoms with Gasteiger partial charge in [-0.3, -0.25) is 9.59 Å². The van der Waals surface area contributed by atoms with Gasteiger partial charge in [-0.25, -0.2) is 5.90 Å². The van der Waals surface area contributed by atoms with Gasteiger partial charge in [0.25, 0.3) is 0 Å². The zero-order chi connectivity index (χ0) is 18.4. The second kappa shape index (κ2) is 8.52. The van der Waals surface area contributed by atoms with E-state index in [0.29, 0.717) is 18.8 Å². The van der Waals surface area contributed by atoms with Gasteiger partial charge in [-0.1, -0.05) is 11.6 Å². The summed E-state index contributed by atoms with van der Waals surface area (Å²) < 4.78 is 0. The van der Waals surface area contributed by atoms with E-state index >= 15 is 0 Å². The number of hydrogen-bond acceptors (Lipinski definition) is 8. The van der Waals surface area contributed by atoms with Crippen LogP contribution in [0.2, 0.25) is 5.02 Å². The summed E-state index contributed by atoms with van der Waals surface area (Å²) in [5.74, 6) is 4.33. The maximum atomic E-state index is 12.3. The molecule has 0 spiro atoms. The SMILES string of the molecule is CCN(CCON)C1=CC(=O)C(Nc2ccc(N=O)cc2Cl)=CC1=O. The van der Waals surface area contributed by atoms with E-state index in [9.17, 15) is 14.5 Å². The lowest BCUT2D eigenvalue weighted by atomic mass is 10.0. The van der Waals surface area contributed by atoms with Crippen LogP contribution >= 0.6 is 11.6 Å². The molecule has 0 atom stereocenters. The summed E-state index contributed by atoms with van der Waals surface area (Å²) in [7, 11) is 0. The number of anilines is 1. The highest BCUT2D eigenvalue weighted by molar-refractivity contribution is 6.33. The summed E-state index contributed by atoms with van der Waals surface area (Å²) >= 11 is 6.04. The first-order chi connectivity index (χ1) is 12.0. The fraction of sp³-hybridized carbons (Fsp3) is 0.250. The average Bonchev–Trinajstić information content (AvgIpc) is 2.60. The Balaban J connectivity index is 2.18. The Hall–Kier alpha value is -2.55. The molecule has 1 aromatic carbocycles. The highest BCUT2D eigenvalue weighted by Gasteiger charge is 2.24. The zero-order valence-electron chi connectivity index (χ0n) is 13.5. The smallest absolute Gasteiger partial charge is 0.204 e. The first-order valence-electron chi connectivity index (χ1n) is 7.48. The van der Waals surface area contributed by atoms with E-state index in [1.807, 2.05) is 6.92 Å². The van der Waals surface area contributed by atoms with Crippen molar-refractivity contribution in [1.29, 1.82) is 0 Å². The number of halogens is 1. The largest absolute Gasteiger partial charge is 0.366 e. The Labute approximate surface area is 149 Å². The molecule has 0 aliphatic heterocycles. The van der Waals surface area contributed by atoms with Crippen molar-refractivity contribution in [2.75, 3.05) is 25.0 Å². The van der Waals surface area contributed by atoms with Gasteiger partial charge in [0.05, 0.1) is 28.7 Å². The molecule has 25 heavy (non-hydrogen) atoms. The van der Waals surface area contributed by atoms with E-state index in [4.69, 9.17) is 17.5 Å².